The fourth-order valence-electron chi connectivity index (χ4n) is 8.01. The molecule has 0 bridgehead atoms. The summed E-state index contributed by atoms with van der Waals surface area (Å²) < 4.78 is 11.3. The van der Waals surface area contributed by atoms with Crippen molar-refractivity contribution in [2.45, 2.75) is 89.7 Å². The Morgan fingerprint density at radius 3 is 2.44 bits per heavy atom. The fraction of sp³-hybridized carbons (Fsp3) is 0.714. The number of halogens is 1. The van der Waals surface area contributed by atoms with Crippen molar-refractivity contribution < 1.29 is 33.8 Å². The molecule has 0 aliphatic heterocycles. The SMILES string of the molecule is CCC(=O)OCC(=O)[C@@]1(OC(=O)CC)[C@@H](C)C[C@H]2[C@H]3CCC4=CC(=O)C=C[C@]4(C)[C@@]3(Cl)[C@@H](O)C[C@@]21C. The van der Waals surface area contributed by atoms with Crippen molar-refractivity contribution in [3.05, 3.63) is 23.8 Å². The highest BCUT2D eigenvalue weighted by molar-refractivity contribution is 6.26. The number of ketones is 2. The Labute approximate surface area is 217 Å². The Bertz CT molecular complexity index is 1050. The molecule has 0 aromatic heterocycles. The Hall–Kier alpha value is -1.99. The average Bonchev–Trinajstić information content (AvgIpc) is 3.05. The quantitative estimate of drug-likeness (QED) is 0.415. The summed E-state index contributed by atoms with van der Waals surface area (Å²) >= 11 is 7.48. The highest BCUT2D eigenvalue weighted by Crippen LogP contribution is 2.72. The molecule has 4 aliphatic carbocycles. The Kier molecular flexibility index (Phi) is 6.83. The summed E-state index contributed by atoms with van der Waals surface area (Å²) in [4.78, 5) is 49.5. The van der Waals surface area contributed by atoms with Crippen molar-refractivity contribution in [1.29, 1.82) is 0 Å². The van der Waals surface area contributed by atoms with E-state index in [1.165, 1.54) is 6.08 Å². The summed E-state index contributed by atoms with van der Waals surface area (Å²) in [7, 11) is 0. The van der Waals surface area contributed by atoms with Crippen LogP contribution in [-0.2, 0) is 28.7 Å². The van der Waals surface area contributed by atoms with Gasteiger partial charge in [0, 0.05) is 29.6 Å². The van der Waals surface area contributed by atoms with E-state index < -0.39 is 51.7 Å². The molecule has 7 nitrogen and oxygen atoms in total. The van der Waals surface area contributed by atoms with E-state index in [4.69, 9.17) is 21.1 Å². The van der Waals surface area contributed by atoms with Crippen molar-refractivity contribution in [2.24, 2.45) is 28.6 Å². The molecule has 36 heavy (non-hydrogen) atoms. The first kappa shape index (κ1) is 27.1. The number of hydrogen-bond donors (Lipinski definition) is 1. The first-order valence-corrected chi connectivity index (χ1v) is 13.4. The van der Waals surface area contributed by atoms with Gasteiger partial charge in [0.2, 0.25) is 5.78 Å². The van der Waals surface area contributed by atoms with Crippen LogP contribution in [0.1, 0.15) is 73.1 Å². The van der Waals surface area contributed by atoms with Gasteiger partial charge in [-0.2, -0.15) is 0 Å². The minimum absolute atomic E-state index is 0.0801. The van der Waals surface area contributed by atoms with Gasteiger partial charge in [-0.3, -0.25) is 19.2 Å². The number of Topliss-reactive ketones (excluding diaryl/α,β-unsaturated/α-hetero) is 1. The van der Waals surface area contributed by atoms with E-state index in [1.807, 2.05) is 26.8 Å². The zero-order valence-electron chi connectivity index (χ0n) is 21.8. The van der Waals surface area contributed by atoms with Gasteiger partial charge >= 0.3 is 11.9 Å². The fourth-order valence-corrected chi connectivity index (χ4v) is 8.53. The second kappa shape index (κ2) is 9.09. The van der Waals surface area contributed by atoms with Crippen LogP contribution < -0.4 is 0 Å². The molecule has 0 amide bonds. The largest absolute Gasteiger partial charge is 0.457 e. The van der Waals surface area contributed by atoms with Gasteiger partial charge in [0.1, 0.15) is 0 Å². The molecular weight excluding hydrogens is 484 g/mol. The Balaban J connectivity index is 1.80. The second-order valence-corrected chi connectivity index (χ2v) is 12.0. The number of aliphatic hydroxyl groups excluding tert-OH is 1. The molecule has 3 saturated carbocycles. The number of hydrogen-bond acceptors (Lipinski definition) is 7. The number of carbonyl (C=O) groups excluding carboxylic acids is 4. The molecule has 0 spiro atoms. The van der Waals surface area contributed by atoms with Gasteiger partial charge in [0.15, 0.2) is 18.0 Å². The molecule has 3 fully saturated rings. The van der Waals surface area contributed by atoms with Crippen molar-refractivity contribution in [3.63, 3.8) is 0 Å². The van der Waals surface area contributed by atoms with Crippen molar-refractivity contribution in [3.8, 4) is 0 Å². The van der Waals surface area contributed by atoms with E-state index >= 15 is 0 Å². The molecule has 0 aromatic rings. The molecule has 198 valence electrons. The van der Waals surface area contributed by atoms with E-state index in [0.717, 1.165) is 5.57 Å². The van der Waals surface area contributed by atoms with Gasteiger partial charge in [-0.15, -0.1) is 11.6 Å². The Morgan fingerprint density at radius 1 is 1.14 bits per heavy atom. The van der Waals surface area contributed by atoms with E-state index in [9.17, 15) is 24.3 Å². The standard InChI is InChI=1S/C28H37ClO7/c1-6-23(33)35-15-22(32)28(36-24(34)7-2)16(3)12-20-19-9-8-17-13-18(30)10-11-25(17,4)27(19,29)21(31)14-26(20,28)5/h10-11,13,16,19-21,31H,6-9,12,14-15H2,1-5H3/t16-,19+,20-,21-,25-,26-,27-,28-/m0/s1. The van der Waals surface area contributed by atoms with E-state index in [-0.39, 0.29) is 42.8 Å². The molecule has 8 heteroatoms. The molecule has 4 aliphatic rings. The predicted molar refractivity (Wildman–Crippen MR) is 133 cm³/mol. The lowest BCUT2D eigenvalue weighted by molar-refractivity contribution is -0.203. The third-order valence-electron chi connectivity index (χ3n) is 9.81. The van der Waals surface area contributed by atoms with Crippen molar-refractivity contribution in [2.75, 3.05) is 6.61 Å². The van der Waals surface area contributed by atoms with Gasteiger partial charge in [0.25, 0.3) is 0 Å². The van der Waals surface area contributed by atoms with Gasteiger partial charge in [-0.05, 0) is 49.7 Å². The van der Waals surface area contributed by atoms with Crippen molar-refractivity contribution >= 4 is 35.1 Å². The van der Waals surface area contributed by atoms with Crippen molar-refractivity contribution in [1.82, 2.24) is 0 Å². The lowest BCUT2D eigenvalue weighted by atomic mass is 9.45. The maximum Gasteiger partial charge on any atom is 0.306 e. The van der Waals surface area contributed by atoms with Crippen LogP contribution in [0.5, 0.6) is 0 Å². The molecule has 0 saturated heterocycles. The average molecular weight is 521 g/mol. The molecule has 8 atom stereocenters. The van der Waals surface area contributed by atoms with Gasteiger partial charge in [0.05, 0.1) is 11.0 Å². The van der Waals surface area contributed by atoms with Crippen LogP contribution >= 0.6 is 11.6 Å². The topological polar surface area (TPSA) is 107 Å². The number of carbonyl (C=O) groups is 4. The van der Waals surface area contributed by atoms with Gasteiger partial charge in [-0.1, -0.05) is 46.3 Å². The maximum atomic E-state index is 13.9. The molecule has 0 aromatic carbocycles. The van der Waals surface area contributed by atoms with Crippen LogP contribution in [0.2, 0.25) is 0 Å². The maximum absolute atomic E-state index is 13.9. The first-order chi connectivity index (χ1) is 16.8. The minimum atomic E-state index is -1.55. The van der Waals surface area contributed by atoms with Crippen LogP contribution in [0.4, 0.5) is 0 Å². The van der Waals surface area contributed by atoms with Gasteiger partial charge < -0.3 is 14.6 Å². The highest BCUT2D eigenvalue weighted by Gasteiger charge is 2.76. The van der Waals surface area contributed by atoms with E-state index in [0.29, 0.717) is 19.3 Å². The number of ether oxygens (including phenoxy) is 2. The lowest BCUT2D eigenvalue weighted by Crippen LogP contribution is -2.69. The van der Waals surface area contributed by atoms with Gasteiger partial charge in [-0.25, -0.2) is 0 Å². The summed E-state index contributed by atoms with van der Waals surface area (Å²) in [5.41, 5.74) is -2.27. The normalized spacial score (nSPS) is 43.1. The lowest BCUT2D eigenvalue weighted by Gasteiger charge is -2.64. The number of fused-ring (bicyclic) bond motifs is 5. The molecule has 1 N–H and O–H groups in total. The molecule has 0 radical (unpaired) electrons. The monoisotopic (exact) mass is 520 g/mol. The molecule has 4 rings (SSSR count). The number of esters is 2. The highest BCUT2D eigenvalue weighted by atomic mass is 35.5. The molecular formula is C28H37ClO7. The summed E-state index contributed by atoms with van der Waals surface area (Å²) in [6.07, 6.45) is 6.18. The Morgan fingerprint density at radius 2 is 1.81 bits per heavy atom. The van der Waals surface area contributed by atoms with E-state index in [2.05, 4.69) is 0 Å². The third kappa shape index (κ3) is 3.48. The minimum Gasteiger partial charge on any atom is -0.457 e. The summed E-state index contributed by atoms with van der Waals surface area (Å²) in [6.45, 7) is 8.61. The molecule has 0 heterocycles. The van der Waals surface area contributed by atoms with Crippen LogP contribution in [0.3, 0.4) is 0 Å². The molecule has 0 unspecified atom stereocenters. The smallest absolute Gasteiger partial charge is 0.306 e. The zero-order chi connectivity index (χ0) is 26.7. The van der Waals surface area contributed by atoms with E-state index in [1.54, 1.807) is 19.9 Å². The van der Waals surface area contributed by atoms with Crippen LogP contribution in [0, 0.1) is 28.6 Å². The summed E-state index contributed by atoms with van der Waals surface area (Å²) in [5.74, 6) is -2.24. The first-order valence-electron chi connectivity index (χ1n) is 13.0. The number of aliphatic hydroxyl groups is 1. The summed E-state index contributed by atoms with van der Waals surface area (Å²) in [6, 6.07) is 0. The second-order valence-electron chi connectivity index (χ2n) is 11.4. The predicted octanol–water partition coefficient (Wildman–Crippen LogP) is 4.09. The summed E-state index contributed by atoms with van der Waals surface area (Å²) in [5, 5.41) is 11.8. The van der Waals surface area contributed by atoms with Crippen LogP contribution in [0.25, 0.3) is 0 Å². The zero-order valence-corrected chi connectivity index (χ0v) is 22.5. The number of rotatable bonds is 6. The third-order valence-corrected chi connectivity index (χ3v) is 10.7. The van der Waals surface area contributed by atoms with Crippen LogP contribution in [0.15, 0.2) is 23.8 Å². The van der Waals surface area contributed by atoms with Crippen LogP contribution in [-0.4, -0.2) is 51.8 Å². The number of allylic oxidation sites excluding steroid dienone is 4. The number of alkyl halides is 1.